The molecule has 9 heteroatoms. The first kappa shape index (κ1) is 26.5. The molecule has 0 saturated heterocycles. The number of carbonyl (C=O) groups is 2. The Kier molecular flexibility index (Phi) is 6.96. The zero-order valence-electron chi connectivity index (χ0n) is 21.5. The van der Waals surface area contributed by atoms with E-state index >= 15 is 0 Å². The summed E-state index contributed by atoms with van der Waals surface area (Å²) < 4.78 is 26.3. The van der Waals surface area contributed by atoms with E-state index in [1.807, 2.05) is 31.2 Å². The maximum Gasteiger partial charge on any atom is 0.296 e. The molecule has 0 saturated carbocycles. The Labute approximate surface area is 231 Å². The number of aromatic nitrogens is 1. The summed E-state index contributed by atoms with van der Waals surface area (Å²) in [6.07, 6.45) is 0. The molecule has 0 fully saturated rings. The maximum absolute atomic E-state index is 13.7. The number of aliphatic hydroxyl groups excluding tert-OH is 1. The number of sulfone groups is 1. The van der Waals surface area contributed by atoms with Gasteiger partial charge in [0.2, 0.25) is 9.84 Å². The van der Waals surface area contributed by atoms with E-state index in [4.69, 9.17) is 0 Å². The number of benzene rings is 3. The molecule has 0 bridgehead atoms. The molecule has 7 nitrogen and oxygen atoms in total. The number of hydrogen-bond acceptors (Lipinski definition) is 7. The molecular formula is C30H26N2O5S2. The lowest BCUT2D eigenvalue weighted by Gasteiger charge is -2.25. The third-order valence-corrected chi connectivity index (χ3v) is 9.33. The Balaban J connectivity index is 1.62. The topological polar surface area (TPSA) is 105 Å². The highest BCUT2D eigenvalue weighted by Crippen LogP contribution is 2.43. The normalized spacial score (nSPS) is 15.8. The van der Waals surface area contributed by atoms with Crippen LogP contribution in [0.1, 0.15) is 52.9 Å². The number of carbonyl (C=O) groups excluding carboxylic acids is 2. The molecule has 3 aromatic carbocycles. The predicted molar refractivity (Wildman–Crippen MR) is 150 cm³/mol. The quantitative estimate of drug-likeness (QED) is 0.271. The van der Waals surface area contributed by atoms with E-state index in [2.05, 4.69) is 18.8 Å². The van der Waals surface area contributed by atoms with Crippen molar-refractivity contribution in [2.24, 2.45) is 0 Å². The Morgan fingerprint density at radius 2 is 1.62 bits per heavy atom. The molecule has 0 aliphatic carbocycles. The third kappa shape index (κ3) is 4.79. The van der Waals surface area contributed by atoms with Crippen molar-refractivity contribution >= 4 is 38.0 Å². The molecule has 1 aliphatic heterocycles. The number of rotatable bonds is 7. The van der Waals surface area contributed by atoms with Crippen molar-refractivity contribution in [1.29, 1.82) is 0 Å². The molecule has 0 spiro atoms. The number of nitrogens with zero attached hydrogens (tertiary/aromatic N) is 2. The van der Waals surface area contributed by atoms with Crippen LogP contribution in [-0.4, -0.2) is 30.2 Å². The van der Waals surface area contributed by atoms with E-state index < -0.39 is 33.3 Å². The minimum Gasteiger partial charge on any atom is -0.503 e. The van der Waals surface area contributed by atoms with Crippen LogP contribution in [0.4, 0.5) is 5.13 Å². The third-order valence-electron chi connectivity index (χ3n) is 6.69. The fourth-order valence-electron chi connectivity index (χ4n) is 4.48. The zero-order chi connectivity index (χ0) is 27.9. The number of thiazole rings is 1. The SMILES string of the molecule is Cc1ccc(C(=O)C2=C(O)C(=O)N(c3nc(S(=O)(=O)c4ccccc4)cs3)C2c2ccc(C(C)C)cc2)cc1. The number of hydrogen-bond donors (Lipinski definition) is 1. The first-order valence-electron chi connectivity index (χ1n) is 12.3. The number of ketones is 1. The molecule has 5 rings (SSSR count). The predicted octanol–water partition coefficient (Wildman–Crippen LogP) is 6.19. The molecule has 0 radical (unpaired) electrons. The van der Waals surface area contributed by atoms with Crippen LogP contribution in [0, 0.1) is 6.92 Å². The van der Waals surface area contributed by atoms with Crippen molar-refractivity contribution < 1.29 is 23.1 Å². The van der Waals surface area contributed by atoms with Crippen molar-refractivity contribution in [1.82, 2.24) is 4.98 Å². The summed E-state index contributed by atoms with van der Waals surface area (Å²) in [5.41, 5.74) is 2.87. The molecule has 198 valence electrons. The summed E-state index contributed by atoms with van der Waals surface area (Å²) >= 11 is 0.958. The molecule has 1 aromatic heterocycles. The Bertz CT molecular complexity index is 1690. The van der Waals surface area contributed by atoms with Gasteiger partial charge in [0.25, 0.3) is 5.91 Å². The Hall–Kier alpha value is -4.08. The van der Waals surface area contributed by atoms with Crippen LogP contribution in [-0.2, 0) is 14.6 Å². The van der Waals surface area contributed by atoms with Crippen molar-refractivity contribution in [3.8, 4) is 0 Å². The largest absolute Gasteiger partial charge is 0.503 e. The molecule has 1 aliphatic rings. The van der Waals surface area contributed by atoms with Gasteiger partial charge in [-0.3, -0.25) is 14.5 Å². The molecular weight excluding hydrogens is 532 g/mol. The molecule has 4 aromatic rings. The number of amides is 1. The molecule has 1 unspecified atom stereocenters. The number of aryl methyl sites for hydroxylation is 1. The van der Waals surface area contributed by atoms with Crippen LogP contribution in [0.3, 0.4) is 0 Å². The highest BCUT2D eigenvalue weighted by Gasteiger charge is 2.46. The molecule has 1 atom stereocenters. The van der Waals surface area contributed by atoms with E-state index in [0.29, 0.717) is 11.1 Å². The van der Waals surface area contributed by atoms with Crippen molar-refractivity contribution in [3.05, 3.63) is 118 Å². The summed E-state index contributed by atoms with van der Waals surface area (Å²) in [4.78, 5) is 32.8. The number of Topliss-reactive ketones (excluding diaryl/α,β-unsaturated/α-hetero) is 1. The smallest absolute Gasteiger partial charge is 0.296 e. The molecule has 39 heavy (non-hydrogen) atoms. The molecule has 1 N–H and O–H groups in total. The summed E-state index contributed by atoms with van der Waals surface area (Å²) in [7, 11) is -3.93. The zero-order valence-corrected chi connectivity index (χ0v) is 23.2. The number of anilines is 1. The summed E-state index contributed by atoms with van der Waals surface area (Å²) in [6.45, 7) is 6.01. The second-order valence-corrected chi connectivity index (χ2v) is 12.4. The minimum atomic E-state index is -3.93. The lowest BCUT2D eigenvalue weighted by molar-refractivity contribution is -0.117. The van der Waals surface area contributed by atoms with Crippen LogP contribution in [0.5, 0.6) is 0 Å². The van der Waals surface area contributed by atoms with Gasteiger partial charge >= 0.3 is 0 Å². The fourth-order valence-corrected chi connectivity index (χ4v) is 6.86. The Morgan fingerprint density at radius 1 is 0.974 bits per heavy atom. The monoisotopic (exact) mass is 558 g/mol. The van der Waals surface area contributed by atoms with Crippen molar-refractivity contribution in [2.75, 3.05) is 4.90 Å². The van der Waals surface area contributed by atoms with Crippen molar-refractivity contribution in [2.45, 2.75) is 42.7 Å². The highest BCUT2D eigenvalue weighted by molar-refractivity contribution is 7.91. The lowest BCUT2D eigenvalue weighted by Crippen LogP contribution is -2.31. The van der Waals surface area contributed by atoms with Gasteiger partial charge in [-0.2, -0.15) is 0 Å². The summed E-state index contributed by atoms with van der Waals surface area (Å²) in [5.74, 6) is -1.72. The first-order chi connectivity index (χ1) is 18.6. The van der Waals surface area contributed by atoms with Gasteiger partial charge in [-0.15, -0.1) is 11.3 Å². The van der Waals surface area contributed by atoms with Crippen LogP contribution in [0.2, 0.25) is 0 Å². The van der Waals surface area contributed by atoms with Crippen LogP contribution in [0.15, 0.2) is 105 Å². The Morgan fingerprint density at radius 3 is 2.23 bits per heavy atom. The molecule has 2 heterocycles. The van der Waals surface area contributed by atoms with Gasteiger partial charge in [0.1, 0.15) is 0 Å². The van der Waals surface area contributed by atoms with Gasteiger partial charge in [0.05, 0.1) is 16.5 Å². The van der Waals surface area contributed by atoms with E-state index in [9.17, 15) is 23.1 Å². The van der Waals surface area contributed by atoms with E-state index in [1.165, 1.54) is 22.4 Å². The van der Waals surface area contributed by atoms with Crippen LogP contribution < -0.4 is 4.90 Å². The fraction of sp³-hybridized carbons (Fsp3) is 0.167. The molecule has 1 amide bonds. The standard InChI is InChI=1S/C30H26N2O5S2/c1-18(2)20-13-15-21(16-14-20)26-25(27(33)22-11-9-19(3)10-12-22)28(34)29(35)32(26)30-31-24(17-38-30)39(36,37)23-7-5-4-6-8-23/h4-18,26,34H,1-3H3. The second kappa shape index (κ2) is 10.2. The number of aliphatic hydroxyl groups is 1. The van der Waals surface area contributed by atoms with Crippen molar-refractivity contribution in [3.63, 3.8) is 0 Å². The van der Waals surface area contributed by atoms with E-state index in [0.717, 1.165) is 22.5 Å². The maximum atomic E-state index is 13.7. The van der Waals surface area contributed by atoms with Gasteiger partial charge in [-0.1, -0.05) is 86.1 Å². The lowest BCUT2D eigenvalue weighted by atomic mass is 9.91. The van der Waals surface area contributed by atoms with Gasteiger partial charge in [0.15, 0.2) is 21.7 Å². The minimum absolute atomic E-state index is 0.0608. The average Bonchev–Trinajstić information content (AvgIpc) is 3.53. The van der Waals surface area contributed by atoms with Gasteiger partial charge in [0, 0.05) is 10.9 Å². The second-order valence-electron chi connectivity index (χ2n) is 9.64. The average molecular weight is 559 g/mol. The van der Waals surface area contributed by atoms with Gasteiger partial charge in [-0.05, 0) is 36.1 Å². The highest BCUT2D eigenvalue weighted by atomic mass is 32.2. The van der Waals surface area contributed by atoms with Crippen LogP contribution in [0.25, 0.3) is 0 Å². The van der Waals surface area contributed by atoms with Gasteiger partial charge < -0.3 is 5.11 Å². The van der Waals surface area contributed by atoms with Gasteiger partial charge in [-0.25, -0.2) is 13.4 Å². The van der Waals surface area contributed by atoms with E-state index in [1.54, 1.807) is 42.5 Å². The summed E-state index contributed by atoms with van der Waals surface area (Å²) in [6, 6.07) is 21.2. The van der Waals surface area contributed by atoms with Crippen LogP contribution >= 0.6 is 11.3 Å². The van der Waals surface area contributed by atoms with E-state index in [-0.39, 0.29) is 26.5 Å². The first-order valence-corrected chi connectivity index (χ1v) is 14.7. The summed E-state index contributed by atoms with van der Waals surface area (Å²) in [5, 5.41) is 12.2.